The number of carbonyl (C=O) groups is 1. The molecule has 1 heterocycles. The summed E-state index contributed by atoms with van der Waals surface area (Å²) in [5.41, 5.74) is 1.25. The Labute approximate surface area is 170 Å². The number of halogens is 1. The van der Waals surface area contributed by atoms with Crippen molar-refractivity contribution < 1.29 is 9.53 Å². The first kappa shape index (κ1) is 21.5. The molecule has 2 N–H and O–H groups in total. The standard InChI is InChI=1S/C20H31BrN4O2/c1-22-20(23-13-8-4-3-5-11-19(26)27-2)24-16-12-14-25(15-16)18-10-7-6-9-17(18)21/h6-7,9-10,16H,3-5,8,11-15H2,1-2H3,(H2,22,23,24). The van der Waals surface area contributed by atoms with Gasteiger partial charge < -0.3 is 20.3 Å². The molecule has 1 aliphatic rings. The summed E-state index contributed by atoms with van der Waals surface area (Å²) in [6.45, 7) is 2.90. The van der Waals surface area contributed by atoms with Gasteiger partial charge in [-0.05, 0) is 47.3 Å². The number of benzene rings is 1. The fraction of sp³-hybridized carbons (Fsp3) is 0.600. The van der Waals surface area contributed by atoms with Crippen LogP contribution in [0.1, 0.15) is 38.5 Å². The molecule has 0 spiro atoms. The molecule has 7 heteroatoms. The van der Waals surface area contributed by atoms with E-state index in [1.807, 2.05) is 13.1 Å². The Morgan fingerprint density at radius 3 is 2.81 bits per heavy atom. The third kappa shape index (κ3) is 7.40. The van der Waals surface area contributed by atoms with Crippen molar-refractivity contribution in [3.05, 3.63) is 28.7 Å². The van der Waals surface area contributed by atoms with Gasteiger partial charge in [-0.25, -0.2) is 0 Å². The van der Waals surface area contributed by atoms with E-state index in [0.29, 0.717) is 12.5 Å². The molecule has 1 saturated heterocycles. The lowest BCUT2D eigenvalue weighted by molar-refractivity contribution is -0.140. The molecule has 1 aliphatic heterocycles. The number of rotatable bonds is 9. The van der Waals surface area contributed by atoms with Crippen molar-refractivity contribution in [3.8, 4) is 0 Å². The molecule has 150 valence electrons. The van der Waals surface area contributed by atoms with Crippen LogP contribution in [0.25, 0.3) is 0 Å². The van der Waals surface area contributed by atoms with Crippen LogP contribution < -0.4 is 15.5 Å². The molecular weight excluding hydrogens is 408 g/mol. The van der Waals surface area contributed by atoms with Crippen LogP contribution in [-0.2, 0) is 9.53 Å². The molecule has 0 bridgehead atoms. The molecule has 1 aromatic carbocycles. The minimum absolute atomic E-state index is 0.120. The number of para-hydroxylation sites is 1. The molecule has 27 heavy (non-hydrogen) atoms. The number of guanidine groups is 1. The second-order valence-electron chi connectivity index (χ2n) is 6.77. The van der Waals surface area contributed by atoms with E-state index in [1.54, 1.807) is 0 Å². The van der Waals surface area contributed by atoms with Crippen LogP contribution in [0.3, 0.4) is 0 Å². The summed E-state index contributed by atoms with van der Waals surface area (Å²) in [5.74, 6) is 0.745. The molecule has 1 aromatic rings. The van der Waals surface area contributed by atoms with Gasteiger partial charge >= 0.3 is 5.97 Å². The predicted octanol–water partition coefficient (Wildman–Crippen LogP) is 3.32. The smallest absolute Gasteiger partial charge is 0.305 e. The average Bonchev–Trinajstić information content (AvgIpc) is 3.14. The Balaban J connectivity index is 1.63. The number of nitrogens with one attached hydrogen (secondary N) is 2. The molecule has 6 nitrogen and oxygen atoms in total. The molecule has 0 saturated carbocycles. The number of methoxy groups -OCH3 is 1. The van der Waals surface area contributed by atoms with Gasteiger partial charge in [0.1, 0.15) is 0 Å². The number of esters is 1. The molecule has 0 aromatic heterocycles. The van der Waals surface area contributed by atoms with Crippen LogP contribution in [-0.4, -0.2) is 51.8 Å². The van der Waals surface area contributed by atoms with Gasteiger partial charge in [-0.15, -0.1) is 0 Å². The second kappa shape index (κ2) is 11.8. The van der Waals surface area contributed by atoms with Gasteiger partial charge in [0.2, 0.25) is 0 Å². The maximum Gasteiger partial charge on any atom is 0.305 e. The molecule has 1 fully saturated rings. The molecule has 2 rings (SSSR count). The Morgan fingerprint density at radius 1 is 1.30 bits per heavy atom. The predicted molar refractivity (Wildman–Crippen MR) is 114 cm³/mol. The zero-order valence-electron chi connectivity index (χ0n) is 16.3. The number of ether oxygens (including phenoxy) is 1. The van der Waals surface area contributed by atoms with E-state index in [2.05, 4.69) is 59.4 Å². The number of aliphatic imine (C=N–C) groups is 1. The fourth-order valence-corrected chi connectivity index (χ4v) is 3.79. The van der Waals surface area contributed by atoms with Crippen LogP contribution in [0.5, 0.6) is 0 Å². The summed E-state index contributed by atoms with van der Waals surface area (Å²) in [6, 6.07) is 8.75. The van der Waals surface area contributed by atoms with Crippen molar-refractivity contribution >= 4 is 33.5 Å². The van der Waals surface area contributed by atoms with E-state index in [4.69, 9.17) is 0 Å². The van der Waals surface area contributed by atoms with Gasteiger partial charge in [0, 0.05) is 43.6 Å². The molecule has 1 unspecified atom stereocenters. The maximum atomic E-state index is 11.1. The number of hydrogen-bond donors (Lipinski definition) is 2. The summed E-state index contributed by atoms with van der Waals surface area (Å²) < 4.78 is 5.79. The zero-order chi connectivity index (χ0) is 19.5. The van der Waals surface area contributed by atoms with E-state index < -0.39 is 0 Å². The van der Waals surface area contributed by atoms with Crippen LogP contribution in [0.2, 0.25) is 0 Å². The first-order valence-corrected chi connectivity index (χ1v) is 10.5. The third-order valence-electron chi connectivity index (χ3n) is 4.77. The lowest BCUT2D eigenvalue weighted by Crippen LogP contribution is -2.44. The van der Waals surface area contributed by atoms with E-state index in [-0.39, 0.29) is 5.97 Å². The number of unbranched alkanes of at least 4 members (excludes halogenated alkanes) is 3. The maximum absolute atomic E-state index is 11.1. The molecular formula is C20H31BrN4O2. The van der Waals surface area contributed by atoms with E-state index >= 15 is 0 Å². The first-order chi connectivity index (χ1) is 13.1. The van der Waals surface area contributed by atoms with Crippen LogP contribution >= 0.6 is 15.9 Å². The van der Waals surface area contributed by atoms with Crippen molar-refractivity contribution in [3.63, 3.8) is 0 Å². The number of anilines is 1. The monoisotopic (exact) mass is 438 g/mol. The largest absolute Gasteiger partial charge is 0.469 e. The SMILES string of the molecule is CN=C(NCCCCCCC(=O)OC)NC1CCN(c2ccccc2Br)C1. The van der Waals surface area contributed by atoms with Crippen molar-refractivity contribution in [2.24, 2.45) is 4.99 Å². The molecule has 0 radical (unpaired) electrons. The minimum atomic E-state index is -0.120. The lowest BCUT2D eigenvalue weighted by Gasteiger charge is -2.21. The number of carbonyl (C=O) groups excluding carboxylic acids is 1. The highest BCUT2D eigenvalue weighted by molar-refractivity contribution is 9.10. The average molecular weight is 439 g/mol. The summed E-state index contributed by atoms with van der Waals surface area (Å²) >= 11 is 3.64. The molecule has 0 aliphatic carbocycles. The van der Waals surface area contributed by atoms with E-state index in [1.165, 1.54) is 12.8 Å². The van der Waals surface area contributed by atoms with Crippen molar-refractivity contribution in [1.82, 2.24) is 10.6 Å². The molecule has 1 atom stereocenters. The highest BCUT2D eigenvalue weighted by atomic mass is 79.9. The fourth-order valence-electron chi connectivity index (χ4n) is 3.25. The van der Waals surface area contributed by atoms with Gasteiger partial charge in [-0.3, -0.25) is 9.79 Å². The third-order valence-corrected chi connectivity index (χ3v) is 5.44. The summed E-state index contributed by atoms with van der Waals surface area (Å²) in [7, 11) is 3.25. The minimum Gasteiger partial charge on any atom is -0.469 e. The number of nitrogens with zero attached hydrogens (tertiary/aromatic N) is 2. The Morgan fingerprint density at radius 2 is 2.07 bits per heavy atom. The van der Waals surface area contributed by atoms with Crippen molar-refractivity contribution in [2.45, 2.75) is 44.6 Å². The zero-order valence-corrected chi connectivity index (χ0v) is 17.9. The van der Waals surface area contributed by atoms with E-state index in [0.717, 1.165) is 62.2 Å². The van der Waals surface area contributed by atoms with Crippen molar-refractivity contribution in [2.75, 3.05) is 38.7 Å². The van der Waals surface area contributed by atoms with Gasteiger partial charge in [0.25, 0.3) is 0 Å². The van der Waals surface area contributed by atoms with E-state index in [9.17, 15) is 4.79 Å². The van der Waals surface area contributed by atoms with Crippen LogP contribution in [0, 0.1) is 0 Å². The van der Waals surface area contributed by atoms with Gasteiger partial charge in [-0.2, -0.15) is 0 Å². The summed E-state index contributed by atoms with van der Waals surface area (Å²) in [4.78, 5) is 17.8. The van der Waals surface area contributed by atoms with Gasteiger partial charge in [0.05, 0.1) is 12.8 Å². The highest BCUT2D eigenvalue weighted by Gasteiger charge is 2.24. The topological polar surface area (TPSA) is 66.0 Å². The van der Waals surface area contributed by atoms with Gasteiger partial charge in [-0.1, -0.05) is 25.0 Å². The van der Waals surface area contributed by atoms with Crippen molar-refractivity contribution in [1.29, 1.82) is 0 Å². The quantitative estimate of drug-likeness (QED) is 0.268. The highest BCUT2D eigenvalue weighted by Crippen LogP contribution is 2.28. The summed E-state index contributed by atoms with van der Waals surface area (Å²) in [6.07, 6.45) is 5.72. The normalized spacial score (nSPS) is 17.1. The Kier molecular flexibility index (Phi) is 9.45. The molecule has 0 amide bonds. The van der Waals surface area contributed by atoms with Gasteiger partial charge in [0.15, 0.2) is 5.96 Å². The second-order valence-corrected chi connectivity index (χ2v) is 7.62. The summed E-state index contributed by atoms with van der Waals surface area (Å²) in [5, 5.41) is 6.92. The first-order valence-electron chi connectivity index (χ1n) is 9.67. The lowest BCUT2D eigenvalue weighted by atomic mass is 10.1. The Bertz CT molecular complexity index is 624. The van der Waals surface area contributed by atoms with Crippen LogP contribution in [0.15, 0.2) is 33.7 Å². The Hall–Kier alpha value is -1.76. The number of hydrogen-bond acceptors (Lipinski definition) is 4. The van der Waals surface area contributed by atoms with Crippen LogP contribution in [0.4, 0.5) is 5.69 Å².